The minimum Gasteiger partial charge on any atom is -0.305 e. The highest BCUT2D eigenvalue weighted by Gasteiger charge is 2.08. The van der Waals surface area contributed by atoms with Crippen LogP contribution in [0.4, 0.5) is 4.39 Å². The van der Waals surface area contributed by atoms with Gasteiger partial charge in [0.25, 0.3) is 0 Å². The molecule has 2 aromatic carbocycles. The molecule has 2 heteroatoms. The van der Waals surface area contributed by atoms with Gasteiger partial charge in [-0.25, -0.2) is 4.39 Å². The molecule has 178 valence electrons. The number of alkyl halides is 1. The maximum Gasteiger partial charge on any atom is 0.100 e. The SMILES string of the molecule is CC.CCCCCCCc1ccc(-c2ccc(C(C)=N)cc2)cc1.FC1CCCCCC1. The van der Waals surface area contributed by atoms with Crippen LogP contribution in [0, 0.1) is 5.41 Å². The van der Waals surface area contributed by atoms with E-state index >= 15 is 0 Å². The molecule has 0 amide bonds. The van der Waals surface area contributed by atoms with Crippen molar-refractivity contribution in [3.8, 4) is 11.1 Å². The molecule has 32 heavy (non-hydrogen) atoms. The number of halogens is 1. The Morgan fingerprint density at radius 1 is 0.781 bits per heavy atom. The van der Waals surface area contributed by atoms with Crippen molar-refractivity contribution in [2.75, 3.05) is 0 Å². The Kier molecular flexibility index (Phi) is 15.4. The summed E-state index contributed by atoms with van der Waals surface area (Å²) in [4.78, 5) is 0. The van der Waals surface area contributed by atoms with Gasteiger partial charge in [-0.15, -0.1) is 0 Å². The smallest absolute Gasteiger partial charge is 0.100 e. The lowest BCUT2D eigenvalue weighted by Crippen LogP contribution is -1.94. The van der Waals surface area contributed by atoms with Crippen molar-refractivity contribution in [1.29, 1.82) is 5.41 Å². The third kappa shape index (κ3) is 11.6. The molecule has 0 bridgehead atoms. The number of nitrogens with one attached hydrogen (secondary N) is 1. The largest absolute Gasteiger partial charge is 0.305 e. The monoisotopic (exact) mass is 439 g/mol. The summed E-state index contributed by atoms with van der Waals surface area (Å²) in [5.74, 6) is 0. The second-order valence-corrected chi connectivity index (χ2v) is 8.65. The first-order chi connectivity index (χ1) is 15.6. The maximum atomic E-state index is 12.4. The maximum absolute atomic E-state index is 12.4. The Morgan fingerprint density at radius 2 is 1.28 bits per heavy atom. The first-order valence-electron chi connectivity index (χ1n) is 13.0. The molecular formula is C30H46FN. The van der Waals surface area contributed by atoms with Gasteiger partial charge in [-0.2, -0.15) is 0 Å². The van der Waals surface area contributed by atoms with Crippen LogP contribution in [0.3, 0.4) is 0 Å². The molecule has 1 N–H and O–H groups in total. The summed E-state index contributed by atoms with van der Waals surface area (Å²) in [5, 5.41) is 7.65. The Hall–Kier alpha value is -1.96. The second kappa shape index (κ2) is 17.6. The lowest BCUT2D eigenvalue weighted by atomic mass is 9.99. The third-order valence-corrected chi connectivity index (χ3v) is 5.96. The standard InChI is InChI=1S/C21H27N.C7H13F.C2H6/c1-3-4-5-6-7-8-18-9-11-20(12-10-18)21-15-13-19(14-16-21)17(2)22;8-7-5-3-1-2-4-6-7;1-2/h9-16,22H,3-8H2,1-2H3;7H,1-6H2;1-2H3. The predicted molar refractivity (Wildman–Crippen MR) is 141 cm³/mol. The molecule has 0 unspecified atom stereocenters. The van der Waals surface area contributed by atoms with Gasteiger partial charge in [0.1, 0.15) is 6.17 Å². The summed E-state index contributed by atoms with van der Waals surface area (Å²) >= 11 is 0. The molecule has 1 saturated carbocycles. The van der Waals surface area contributed by atoms with Crippen LogP contribution in [0.15, 0.2) is 48.5 Å². The number of unbranched alkanes of at least 4 members (excludes halogenated alkanes) is 4. The van der Waals surface area contributed by atoms with E-state index in [0.29, 0.717) is 5.71 Å². The van der Waals surface area contributed by atoms with Gasteiger partial charge < -0.3 is 5.41 Å². The van der Waals surface area contributed by atoms with E-state index in [-0.39, 0.29) is 0 Å². The van der Waals surface area contributed by atoms with Crippen molar-refractivity contribution in [3.63, 3.8) is 0 Å². The Balaban J connectivity index is 0.000000427. The lowest BCUT2D eigenvalue weighted by Gasteiger charge is -2.06. The van der Waals surface area contributed by atoms with E-state index in [1.807, 2.05) is 32.9 Å². The molecule has 0 aromatic heterocycles. The minimum absolute atomic E-state index is 0.475. The summed E-state index contributed by atoms with van der Waals surface area (Å²) in [6.45, 7) is 8.08. The fourth-order valence-electron chi connectivity index (χ4n) is 3.94. The number of hydrogen-bond donors (Lipinski definition) is 1. The van der Waals surface area contributed by atoms with Crippen LogP contribution >= 0.6 is 0 Å². The van der Waals surface area contributed by atoms with Crippen LogP contribution in [0.5, 0.6) is 0 Å². The molecule has 1 nitrogen and oxygen atoms in total. The normalized spacial score (nSPS) is 13.8. The van der Waals surface area contributed by atoms with Gasteiger partial charge in [0.05, 0.1) is 0 Å². The van der Waals surface area contributed by atoms with Gasteiger partial charge >= 0.3 is 0 Å². The van der Waals surface area contributed by atoms with Crippen molar-refractivity contribution in [2.24, 2.45) is 0 Å². The summed E-state index contributed by atoms with van der Waals surface area (Å²) in [6, 6.07) is 17.2. The van der Waals surface area contributed by atoms with Gasteiger partial charge in [-0.1, -0.05) is 121 Å². The van der Waals surface area contributed by atoms with Crippen molar-refractivity contribution in [2.45, 2.75) is 111 Å². The van der Waals surface area contributed by atoms with Gasteiger partial charge in [-0.05, 0) is 54.9 Å². The molecule has 0 spiro atoms. The molecule has 2 aromatic rings. The quantitative estimate of drug-likeness (QED) is 0.240. The molecule has 1 fully saturated rings. The summed E-state index contributed by atoms with van der Waals surface area (Å²) in [5.41, 5.74) is 5.52. The molecule has 0 radical (unpaired) electrons. The van der Waals surface area contributed by atoms with Crippen molar-refractivity contribution in [3.05, 3.63) is 59.7 Å². The average molecular weight is 440 g/mol. The zero-order valence-electron chi connectivity index (χ0n) is 21.1. The lowest BCUT2D eigenvalue weighted by molar-refractivity contribution is 0.301. The number of rotatable bonds is 8. The molecule has 1 aliphatic carbocycles. The predicted octanol–water partition coefficient (Wildman–Crippen LogP) is 9.96. The molecule has 0 atom stereocenters. The summed E-state index contributed by atoms with van der Waals surface area (Å²) in [7, 11) is 0. The van der Waals surface area contributed by atoms with Gasteiger partial charge in [0.15, 0.2) is 0 Å². The molecule has 0 aliphatic heterocycles. The molecule has 0 heterocycles. The number of benzene rings is 2. The van der Waals surface area contributed by atoms with E-state index in [0.717, 1.165) is 31.2 Å². The summed E-state index contributed by atoms with van der Waals surface area (Å²) < 4.78 is 12.4. The van der Waals surface area contributed by atoms with Crippen molar-refractivity contribution >= 4 is 5.71 Å². The van der Waals surface area contributed by atoms with Crippen LogP contribution in [0.2, 0.25) is 0 Å². The highest BCUT2D eigenvalue weighted by atomic mass is 19.1. The third-order valence-electron chi connectivity index (χ3n) is 5.96. The van der Waals surface area contributed by atoms with E-state index in [4.69, 9.17) is 5.41 Å². The van der Waals surface area contributed by atoms with Crippen LogP contribution in [-0.4, -0.2) is 11.9 Å². The molecular weight excluding hydrogens is 393 g/mol. The van der Waals surface area contributed by atoms with E-state index in [2.05, 4.69) is 43.3 Å². The van der Waals surface area contributed by atoms with Crippen LogP contribution < -0.4 is 0 Å². The first kappa shape index (κ1) is 28.1. The number of aryl methyl sites for hydroxylation is 1. The van der Waals surface area contributed by atoms with E-state index < -0.39 is 6.17 Å². The molecule has 0 saturated heterocycles. The van der Waals surface area contributed by atoms with Crippen molar-refractivity contribution < 1.29 is 4.39 Å². The van der Waals surface area contributed by atoms with E-state index in [1.54, 1.807) is 0 Å². The molecule has 1 aliphatic rings. The Labute approximate surface area is 197 Å². The zero-order valence-corrected chi connectivity index (χ0v) is 21.1. The first-order valence-corrected chi connectivity index (χ1v) is 13.0. The Morgan fingerprint density at radius 3 is 1.78 bits per heavy atom. The van der Waals surface area contributed by atoms with Crippen LogP contribution in [-0.2, 0) is 6.42 Å². The minimum atomic E-state index is -0.475. The highest BCUT2D eigenvalue weighted by Crippen LogP contribution is 2.21. The Bertz CT molecular complexity index is 710. The average Bonchev–Trinajstić information content (AvgIpc) is 3.08. The zero-order chi connectivity index (χ0) is 23.6. The van der Waals surface area contributed by atoms with Gasteiger partial charge in [0.2, 0.25) is 0 Å². The fraction of sp³-hybridized carbons (Fsp3) is 0.567. The topological polar surface area (TPSA) is 23.9 Å². The van der Waals surface area contributed by atoms with E-state index in [9.17, 15) is 4.39 Å². The number of hydrogen-bond acceptors (Lipinski definition) is 1. The van der Waals surface area contributed by atoms with Gasteiger partial charge in [0, 0.05) is 5.71 Å². The van der Waals surface area contributed by atoms with Crippen molar-refractivity contribution in [1.82, 2.24) is 0 Å². The fourth-order valence-corrected chi connectivity index (χ4v) is 3.94. The summed E-state index contributed by atoms with van der Waals surface area (Å²) in [6.07, 6.45) is 13.8. The van der Waals surface area contributed by atoms with Crippen LogP contribution in [0.25, 0.3) is 11.1 Å². The highest BCUT2D eigenvalue weighted by molar-refractivity contribution is 5.96. The molecule has 3 rings (SSSR count). The van der Waals surface area contributed by atoms with Crippen LogP contribution in [0.1, 0.15) is 109 Å². The second-order valence-electron chi connectivity index (χ2n) is 8.65. The van der Waals surface area contributed by atoms with E-state index in [1.165, 1.54) is 68.1 Å². The van der Waals surface area contributed by atoms with Gasteiger partial charge in [-0.3, -0.25) is 0 Å².